The third-order valence-electron chi connectivity index (χ3n) is 14.1. The van der Waals surface area contributed by atoms with Crippen molar-refractivity contribution in [1.29, 1.82) is 0 Å². The van der Waals surface area contributed by atoms with Gasteiger partial charge in [0.1, 0.15) is 36.1 Å². The quantitative estimate of drug-likeness (QED) is 0.167. The monoisotopic (exact) mass is 634 g/mol. The molecule has 3 aliphatic heterocycles. The van der Waals surface area contributed by atoms with Crippen LogP contribution < -0.4 is 0 Å². The van der Waals surface area contributed by atoms with Crippen molar-refractivity contribution in [1.82, 2.24) is 0 Å². The summed E-state index contributed by atoms with van der Waals surface area (Å²) in [5.41, 5.74) is 0.961. The van der Waals surface area contributed by atoms with Crippen LogP contribution in [-0.2, 0) is 23.7 Å². The minimum atomic E-state index is -1.45. The van der Waals surface area contributed by atoms with Gasteiger partial charge in [-0.2, -0.15) is 0 Å². The number of epoxide rings is 1. The summed E-state index contributed by atoms with van der Waals surface area (Å²) in [6, 6.07) is 0. The van der Waals surface area contributed by atoms with E-state index < -0.39 is 49.0 Å². The van der Waals surface area contributed by atoms with Crippen molar-refractivity contribution in [3.63, 3.8) is 0 Å². The first-order chi connectivity index (χ1) is 21.3. The van der Waals surface area contributed by atoms with Crippen molar-refractivity contribution >= 4 is 5.97 Å². The molecule has 0 aromatic rings. The molecule has 0 spiro atoms. The number of esters is 1. The van der Waals surface area contributed by atoms with Crippen molar-refractivity contribution in [2.75, 3.05) is 6.61 Å². The van der Waals surface area contributed by atoms with Gasteiger partial charge in [-0.25, -0.2) is 0 Å². The van der Waals surface area contributed by atoms with Crippen LogP contribution in [0.4, 0.5) is 0 Å². The van der Waals surface area contributed by atoms with E-state index in [0.717, 1.165) is 38.5 Å². The Labute approximate surface area is 266 Å². The third-order valence-corrected chi connectivity index (χ3v) is 14.1. The number of rotatable bonds is 6. The molecule has 3 saturated carbocycles. The Morgan fingerprint density at radius 2 is 1.69 bits per heavy atom. The number of aliphatic hydroxyl groups is 5. The molecule has 45 heavy (non-hydrogen) atoms. The zero-order valence-corrected chi connectivity index (χ0v) is 27.4. The lowest BCUT2D eigenvalue weighted by Gasteiger charge is -2.58. The number of carbonyl (C=O) groups is 1. The van der Waals surface area contributed by atoms with Gasteiger partial charge in [-0.3, -0.25) is 4.79 Å². The van der Waals surface area contributed by atoms with E-state index in [9.17, 15) is 30.3 Å². The smallest absolute Gasteiger partial charge is 0.309 e. The van der Waals surface area contributed by atoms with E-state index in [4.69, 9.17) is 18.9 Å². The van der Waals surface area contributed by atoms with Gasteiger partial charge >= 0.3 is 5.97 Å². The maximum atomic E-state index is 13.4. The molecule has 3 heterocycles. The zero-order chi connectivity index (χ0) is 32.2. The number of aliphatic hydroxyl groups excluding tert-OH is 5. The molecular formula is C35H54O10. The number of allylic oxidation sites excluding steroid dienone is 2. The predicted octanol–water partition coefficient (Wildman–Crippen LogP) is 2.47. The summed E-state index contributed by atoms with van der Waals surface area (Å²) >= 11 is 0. The predicted molar refractivity (Wildman–Crippen MR) is 161 cm³/mol. The van der Waals surface area contributed by atoms with Gasteiger partial charge in [-0.05, 0) is 86.4 Å². The highest BCUT2D eigenvalue weighted by Gasteiger charge is 2.68. The third kappa shape index (κ3) is 4.75. The largest absolute Gasteiger partial charge is 0.459 e. The van der Waals surface area contributed by atoms with Gasteiger partial charge < -0.3 is 44.5 Å². The summed E-state index contributed by atoms with van der Waals surface area (Å²) in [5.74, 6) is 0.646. The lowest BCUT2D eigenvalue weighted by atomic mass is 9.47. The number of hydrogen-bond acceptors (Lipinski definition) is 10. The Morgan fingerprint density at radius 3 is 2.36 bits per heavy atom. The number of carbonyl (C=O) groups excluding carboxylic acids is 1. The summed E-state index contributed by atoms with van der Waals surface area (Å²) in [7, 11) is 0. The summed E-state index contributed by atoms with van der Waals surface area (Å²) in [6.45, 7) is 10.6. The fourth-order valence-corrected chi connectivity index (χ4v) is 11.5. The molecule has 6 fully saturated rings. The van der Waals surface area contributed by atoms with Gasteiger partial charge in [-0.15, -0.1) is 0 Å². The number of cyclic esters (lactones) is 1. The first-order valence-electron chi connectivity index (χ1n) is 17.5. The Morgan fingerprint density at radius 1 is 0.978 bits per heavy atom. The normalized spacial score (nSPS) is 55.9. The Balaban J connectivity index is 1.06. The van der Waals surface area contributed by atoms with Crippen molar-refractivity contribution in [3.8, 4) is 0 Å². The number of ether oxygens (including phenoxy) is 4. The van der Waals surface area contributed by atoms with Crippen molar-refractivity contribution in [2.24, 2.45) is 46.3 Å². The first kappa shape index (κ1) is 32.4. The van der Waals surface area contributed by atoms with Gasteiger partial charge in [0.05, 0.1) is 30.8 Å². The fourth-order valence-electron chi connectivity index (χ4n) is 11.5. The summed E-state index contributed by atoms with van der Waals surface area (Å²) in [6.07, 6.45) is 1.91. The Hall–Kier alpha value is -1.11. The van der Waals surface area contributed by atoms with E-state index in [2.05, 4.69) is 40.7 Å². The minimum Gasteiger partial charge on any atom is -0.459 e. The molecule has 3 saturated heterocycles. The highest BCUT2D eigenvalue weighted by Crippen LogP contribution is 2.68. The van der Waals surface area contributed by atoms with Gasteiger partial charge in [0, 0.05) is 12.3 Å². The lowest BCUT2D eigenvalue weighted by molar-refractivity contribution is -0.315. The van der Waals surface area contributed by atoms with E-state index >= 15 is 0 Å². The molecule has 7 rings (SSSR count). The van der Waals surface area contributed by atoms with Crippen LogP contribution in [-0.4, -0.2) is 98.8 Å². The van der Waals surface area contributed by atoms with E-state index in [1.165, 1.54) is 5.57 Å². The lowest BCUT2D eigenvalue weighted by Crippen LogP contribution is -2.60. The van der Waals surface area contributed by atoms with Crippen molar-refractivity contribution < 1.29 is 49.3 Å². The molecule has 10 nitrogen and oxygen atoms in total. The molecule has 4 aliphatic carbocycles. The van der Waals surface area contributed by atoms with Gasteiger partial charge in [0.15, 0.2) is 6.29 Å². The van der Waals surface area contributed by atoms with Gasteiger partial charge in [0.2, 0.25) is 0 Å². The highest BCUT2D eigenvalue weighted by molar-refractivity contribution is 5.76. The molecule has 7 aliphatic rings. The Bertz CT molecular complexity index is 1190. The molecule has 0 aromatic carbocycles. The van der Waals surface area contributed by atoms with E-state index in [1.54, 1.807) is 0 Å². The number of hydrogen-bond donors (Lipinski definition) is 5. The van der Waals surface area contributed by atoms with Crippen LogP contribution >= 0.6 is 0 Å². The van der Waals surface area contributed by atoms with Crippen LogP contribution in [0.5, 0.6) is 0 Å². The van der Waals surface area contributed by atoms with Crippen LogP contribution in [0.3, 0.4) is 0 Å². The first-order valence-corrected chi connectivity index (χ1v) is 17.5. The van der Waals surface area contributed by atoms with Crippen LogP contribution in [0.2, 0.25) is 0 Å². The molecule has 5 N–H and O–H groups in total. The maximum Gasteiger partial charge on any atom is 0.309 e. The molecule has 0 radical (unpaired) electrons. The average Bonchev–Trinajstić information content (AvgIpc) is 3.44. The standard InChI is InChI=1S/C35H54O10/c1-16(2)35(17(3)45-35)26-13-21(31(41)44-26)27-24(37)14-23-20-7-6-18-12-19(8-10-33(18,4)22(20)9-11-34(23,27)5)42-32-30(40)29(39)28(38)25(15-36)43-32/h7,16-19,21-30,32,36-40H,6,8-15H2,1-5H3/t17-,18+,19+,21-,22+,23+,24+,25+,26+,27+,28+,29+,30+,32-,33+,34+,35-/m1/s1. The van der Waals surface area contributed by atoms with Crippen LogP contribution in [0.25, 0.3) is 0 Å². The van der Waals surface area contributed by atoms with Crippen molar-refractivity contribution in [3.05, 3.63) is 11.6 Å². The Kier molecular flexibility index (Phi) is 8.09. The van der Waals surface area contributed by atoms with E-state index in [-0.39, 0.29) is 58.8 Å². The van der Waals surface area contributed by atoms with Gasteiger partial charge in [-0.1, -0.05) is 39.3 Å². The molecule has 254 valence electrons. The molecule has 0 amide bonds. The molecule has 17 atom stereocenters. The second-order valence-electron chi connectivity index (χ2n) is 16.4. The SMILES string of the molecule is CC(C)[C@@]1([C@@H]2C[C@H]([C@H]3[C@@H](O)C[C@H]4C5=CC[C@H]6C[C@@H](O[C@@H]7O[C@@H](CO)[C@H](O)[C@H](O)[C@@H]7O)CC[C@]6(C)[C@H]5CC[C@]34C)C(=O)O2)O[C@@H]1C. The van der Waals surface area contributed by atoms with E-state index in [0.29, 0.717) is 24.7 Å². The second kappa shape index (κ2) is 11.2. The molecule has 0 aromatic heterocycles. The number of fused-ring (bicyclic) bond motifs is 5. The topological polar surface area (TPSA) is 158 Å². The van der Waals surface area contributed by atoms with Crippen LogP contribution in [0, 0.1) is 46.3 Å². The van der Waals surface area contributed by atoms with Gasteiger partial charge in [0.25, 0.3) is 0 Å². The summed E-state index contributed by atoms with van der Waals surface area (Å²) in [4.78, 5) is 13.4. The minimum absolute atomic E-state index is 0.0695. The fraction of sp³-hybridized carbons (Fsp3) is 0.914. The zero-order valence-electron chi connectivity index (χ0n) is 27.4. The maximum absolute atomic E-state index is 13.4. The second-order valence-corrected chi connectivity index (χ2v) is 16.4. The average molecular weight is 635 g/mol. The van der Waals surface area contributed by atoms with E-state index in [1.807, 2.05) is 0 Å². The summed E-state index contributed by atoms with van der Waals surface area (Å²) in [5, 5.41) is 52.1. The molecule has 0 unspecified atom stereocenters. The van der Waals surface area contributed by atoms with Crippen molar-refractivity contribution in [2.45, 2.75) is 147 Å². The van der Waals surface area contributed by atoms with Crippen LogP contribution in [0.15, 0.2) is 11.6 Å². The summed E-state index contributed by atoms with van der Waals surface area (Å²) < 4.78 is 24.0. The highest BCUT2D eigenvalue weighted by atomic mass is 16.7. The molecule has 0 bridgehead atoms. The van der Waals surface area contributed by atoms with Crippen LogP contribution in [0.1, 0.15) is 86.0 Å². The molecular weight excluding hydrogens is 580 g/mol. The molecule has 10 heteroatoms.